The van der Waals surface area contributed by atoms with Crippen molar-refractivity contribution in [2.24, 2.45) is 5.92 Å². The van der Waals surface area contributed by atoms with Crippen molar-refractivity contribution in [2.75, 3.05) is 14.1 Å². The number of aliphatic hydroxyl groups is 2. The van der Waals surface area contributed by atoms with E-state index in [9.17, 15) is 15.0 Å². The third-order valence-corrected chi connectivity index (χ3v) is 7.37. The lowest BCUT2D eigenvalue weighted by Gasteiger charge is -2.57. The van der Waals surface area contributed by atoms with Gasteiger partial charge in [-0.05, 0) is 39.6 Å². The number of carbonyl (C=O) groups is 1. The van der Waals surface area contributed by atoms with E-state index in [0.717, 1.165) is 0 Å². The Labute approximate surface area is 197 Å². The molecule has 4 aliphatic rings. The predicted octanol–water partition coefficient (Wildman–Crippen LogP) is -1.98. The molecular weight excluding hydrogens is 446 g/mol. The molecule has 3 aliphatic heterocycles. The summed E-state index contributed by atoms with van der Waals surface area (Å²) in [6.07, 6.45) is -2.18. The molecular formula is C22H33N5O7. The minimum atomic E-state index is -1.26. The Bertz CT molecular complexity index is 880. The third kappa shape index (κ3) is 4.01. The van der Waals surface area contributed by atoms with Gasteiger partial charge in [0.15, 0.2) is 0 Å². The number of aromatic nitrogens is 2. The lowest BCUT2D eigenvalue weighted by atomic mass is 9.79. The highest BCUT2D eigenvalue weighted by atomic mass is 16.8. The number of hydrogen-bond donors (Lipinski definition) is 5. The minimum Gasteiger partial charge on any atom is -0.390 e. The van der Waals surface area contributed by atoms with E-state index in [1.54, 1.807) is 32.4 Å². The molecule has 1 amide bonds. The van der Waals surface area contributed by atoms with Crippen molar-refractivity contribution >= 4 is 5.91 Å². The highest BCUT2D eigenvalue weighted by molar-refractivity contribution is 5.78. The summed E-state index contributed by atoms with van der Waals surface area (Å²) in [7, 11) is 3.41. The van der Waals surface area contributed by atoms with Gasteiger partial charge in [0.05, 0.1) is 36.4 Å². The van der Waals surface area contributed by atoms with Crippen LogP contribution in [0.4, 0.5) is 0 Å². The quantitative estimate of drug-likeness (QED) is 0.319. The van der Waals surface area contributed by atoms with Crippen molar-refractivity contribution < 1.29 is 34.0 Å². The van der Waals surface area contributed by atoms with Crippen molar-refractivity contribution in [1.82, 2.24) is 26.1 Å². The van der Waals surface area contributed by atoms with Gasteiger partial charge < -0.3 is 45.1 Å². The molecule has 4 heterocycles. The van der Waals surface area contributed by atoms with E-state index in [-0.39, 0.29) is 24.3 Å². The largest absolute Gasteiger partial charge is 0.390 e. The molecule has 5 N–H and O–H groups in total. The number of likely N-dealkylation sites (N-methyl/N-ethyl adjacent to an activating group) is 2. The van der Waals surface area contributed by atoms with Crippen LogP contribution in [0.25, 0.3) is 0 Å². The van der Waals surface area contributed by atoms with E-state index >= 15 is 0 Å². The van der Waals surface area contributed by atoms with Crippen LogP contribution in [0, 0.1) is 5.92 Å². The molecule has 1 aliphatic carbocycles. The summed E-state index contributed by atoms with van der Waals surface area (Å²) in [4.78, 5) is 12.6. The number of aliphatic hydroxyl groups excluding tert-OH is 2. The van der Waals surface area contributed by atoms with Crippen molar-refractivity contribution in [3.05, 3.63) is 24.0 Å². The van der Waals surface area contributed by atoms with Crippen LogP contribution < -0.4 is 16.0 Å². The molecule has 1 aromatic heterocycles. The van der Waals surface area contributed by atoms with E-state index in [1.165, 1.54) is 0 Å². The fourth-order valence-electron chi connectivity index (χ4n) is 5.83. The Morgan fingerprint density at radius 2 is 1.91 bits per heavy atom. The zero-order valence-electron chi connectivity index (χ0n) is 19.5. The molecule has 12 nitrogen and oxygen atoms in total. The second-order valence-corrected chi connectivity index (χ2v) is 9.53. The highest BCUT2D eigenvalue weighted by Crippen LogP contribution is 2.51. The van der Waals surface area contributed by atoms with Crippen LogP contribution in [0.5, 0.6) is 0 Å². The van der Waals surface area contributed by atoms with E-state index in [2.05, 4.69) is 26.1 Å². The van der Waals surface area contributed by atoms with Crippen LogP contribution in [0.2, 0.25) is 0 Å². The number of rotatable bonds is 5. The lowest BCUT2D eigenvalue weighted by Crippen LogP contribution is -2.77. The van der Waals surface area contributed by atoms with Gasteiger partial charge in [0.2, 0.25) is 18.0 Å². The van der Waals surface area contributed by atoms with Crippen LogP contribution in [-0.2, 0) is 30.2 Å². The number of ether oxygens (including phenoxy) is 4. The van der Waals surface area contributed by atoms with Crippen molar-refractivity contribution in [3.63, 3.8) is 0 Å². The summed E-state index contributed by atoms with van der Waals surface area (Å²) in [5.41, 5.74) is 0.560. The van der Waals surface area contributed by atoms with E-state index in [4.69, 9.17) is 18.9 Å². The standard InChI is InChI=1S/C22H33N5O7/c1-10-7-11-8-14(26-13(28)9-12-5-4-6-25-27-12)33-22(11)21(31-10)32-20-18(30)15(23-2)17(29)16(24-3)19(20)34-22/h4-6,10-11,14-21,23-24,29-30H,7-9H2,1-3H3,(H,26,28). The summed E-state index contributed by atoms with van der Waals surface area (Å²) in [5.74, 6) is -1.62. The molecule has 0 bridgehead atoms. The molecule has 1 spiro atoms. The van der Waals surface area contributed by atoms with Gasteiger partial charge in [-0.25, -0.2) is 0 Å². The van der Waals surface area contributed by atoms with Crippen molar-refractivity contribution in [3.8, 4) is 0 Å². The summed E-state index contributed by atoms with van der Waals surface area (Å²) in [6.45, 7) is 1.95. The summed E-state index contributed by atoms with van der Waals surface area (Å²) < 4.78 is 25.3. The second-order valence-electron chi connectivity index (χ2n) is 9.53. The van der Waals surface area contributed by atoms with Crippen LogP contribution in [0.3, 0.4) is 0 Å². The molecule has 4 fully saturated rings. The molecule has 11 unspecified atom stereocenters. The van der Waals surface area contributed by atoms with Gasteiger partial charge in [-0.2, -0.15) is 10.2 Å². The van der Waals surface area contributed by atoms with Gasteiger partial charge >= 0.3 is 0 Å². The van der Waals surface area contributed by atoms with E-state index in [1.807, 2.05) is 6.92 Å². The Kier molecular flexibility index (Phi) is 6.59. The van der Waals surface area contributed by atoms with Gasteiger partial charge in [-0.1, -0.05) is 0 Å². The van der Waals surface area contributed by atoms with Gasteiger partial charge in [-0.3, -0.25) is 4.79 Å². The lowest BCUT2D eigenvalue weighted by molar-refractivity contribution is -0.456. The monoisotopic (exact) mass is 479 g/mol. The molecule has 188 valence electrons. The first-order valence-electron chi connectivity index (χ1n) is 11.8. The average molecular weight is 480 g/mol. The SMILES string of the molecule is CNC1C(O)C(NC)C2OC34OC(NC(=O)Cc5cccnn5)CC3CC(C)OC4OC2C1O. The van der Waals surface area contributed by atoms with Crippen LogP contribution in [0.1, 0.15) is 25.5 Å². The normalized spacial score (nSPS) is 45.7. The molecule has 1 aromatic rings. The number of nitrogens with one attached hydrogen (secondary N) is 3. The molecule has 0 aromatic carbocycles. The second kappa shape index (κ2) is 9.36. The summed E-state index contributed by atoms with van der Waals surface area (Å²) in [6, 6.07) is 2.34. The zero-order chi connectivity index (χ0) is 24.0. The maximum Gasteiger partial charge on any atom is 0.228 e. The van der Waals surface area contributed by atoms with E-state index < -0.39 is 54.8 Å². The molecule has 5 rings (SSSR count). The van der Waals surface area contributed by atoms with Gasteiger partial charge in [0.25, 0.3) is 0 Å². The maximum absolute atomic E-state index is 12.6. The first-order chi connectivity index (χ1) is 16.4. The molecule has 12 heteroatoms. The van der Waals surface area contributed by atoms with Crippen molar-refractivity contribution in [2.45, 2.75) is 87.1 Å². The highest BCUT2D eigenvalue weighted by Gasteiger charge is 2.67. The Hall–Kier alpha value is -1.77. The van der Waals surface area contributed by atoms with Crippen LogP contribution in [0.15, 0.2) is 18.3 Å². The maximum atomic E-state index is 12.6. The number of hydrogen-bond acceptors (Lipinski definition) is 11. The van der Waals surface area contributed by atoms with Crippen LogP contribution >= 0.6 is 0 Å². The molecule has 11 atom stereocenters. The van der Waals surface area contributed by atoms with Gasteiger partial charge in [-0.15, -0.1) is 0 Å². The number of fused-ring (bicyclic) bond motifs is 1. The first-order valence-corrected chi connectivity index (χ1v) is 11.8. The number of amides is 1. The smallest absolute Gasteiger partial charge is 0.228 e. The summed E-state index contributed by atoms with van der Waals surface area (Å²) in [5, 5.41) is 38.5. The zero-order valence-corrected chi connectivity index (χ0v) is 19.5. The van der Waals surface area contributed by atoms with Gasteiger partial charge in [0.1, 0.15) is 24.5 Å². The third-order valence-electron chi connectivity index (χ3n) is 7.37. The molecule has 3 saturated heterocycles. The fourth-order valence-corrected chi connectivity index (χ4v) is 5.83. The number of nitrogens with zero attached hydrogens (tertiary/aromatic N) is 2. The fraction of sp³-hybridized carbons (Fsp3) is 0.773. The Morgan fingerprint density at radius 1 is 1.12 bits per heavy atom. The molecule has 1 saturated carbocycles. The van der Waals surface area contributed by atoms with Crippen molar-refractivity contribution in [1.29, 1.82) is 0 Å². The molecule has 34 heavy (non-hydrogen) atoms. The Balaban J connectivity index is 1.36. The average Bonchev–Trinajstić information content (AvgIpc) is 3.14. The topological polar surface area (TPSA) is 156 Å². The first kappa shape index (κ1) is 23.9. The predicted molar refractivity (Wildman–Crippen MR) is 116 cm³/mol. The summed E-state index contributed by atoms with van der Waals surface area (Å²) >= 11 is 0. The number of carbonyl (C=O) groups excluding carboxylic acids is 1. The Morgan fingerprint density at radius 3 is 2.62 bits per heavy atom. The van der Waals surface area contributed by atoms with E-state index in [0.29, 0.717) is 18.5 Å². The van der Waals surface area contributed by atoms with Crippen LogP contribution in [-0.4, -0.2) is 101 Å². The minimum absolute atomic E-state index is 0.0787. The molecule has 0 radical (unpaired) electrons. The van der Waals surface area contributed by atoms with Gasteiger partial charge in [0, 0.05) is 18.5 Å².